The van der Waals surface area contributed by atoms with E-state index in [-0.39, 0.29) is 11.6 Å². The maximum absolute atomic E-state index is 12.8. The van der Waals surface area contributed by atoms with Crippen LogP contribution in [0.3, 0.4) is 0 Å². The third-order valence-electron chi connectivity index (χ3n) is 4.05. The number of hydrogen-bond acceptors (Lipinski definition) is 9. The molecule has 0 saturated heterocycles. The van der Waals surface area contributed by atoms with Gasteiger partial charge in [0.05, 0.1) is 30.3 Å². The number of rotatable bonds is 7. The van der Waals surface area contributed by atoms with Gasteiger partial charge < -0.3 is 30.5 Å². The topological polar surface area (TPSA) is 135 Å². The first kappa shape index (κ1) is 19.4. The van der Waals surface area contributed by atoms with Crippen molar-refractivity contribution in [2.24, 2.45) is 0 Å². The van der Waals surface area contributed by atoms with Crippen LogP contribution in [0.5, 0.6) is 5.88 Å². The van der Waals surface area contributed by atoms with E-state index >= 15 is 0 Å². The van der Waals surface area contributed by atoms with E-state index in [1.165, 1.54) is 13.3 Å². The van der Waals surface area contributed by atoms with Crippen LogP contribution in [0.4, 0.5) is 10.7 Å². The Kier molecular flexibility index (Phi) is 5.36. The van der Waals surface area contributed by atoms with Gasteiger partial charge in [0.2, 0.25) is 5.88 Å². The summed E-state index contributed by atoms with van der Waals surface area (Å²) in [7, 11) is 1.51. The zero-order chi connectivity index (χ0) is 20.3. The first-order valence-corrected chi connectivity index (χ1v) is 9.10. The number of carbonyl (C=O) groups excluding carboxylic acids is 1. The second-order valence-corrected chi connectivity index (χ2v) is 6.67. The molecule has 1 aliphatic heterocycles. The van der Waals surface area contributed by atoms with Crippen LogP contribution in [-0.2, 0) is 9.53 Å². The fraction of sp³-hybridized carbons (Fsp3) is 0.294. The smallest absolute Gasteiger partial charge is 0.355 e. The summed E-state index contributed by atoms with van der Waals surface area (Å²) in [6.45, 7) is 3.53. The highest BCUT2D eigenvalue weighted by atomic mass is 32.1. The normalized spacial score (nSPS) is 17.9. The second-order valence-electron chi connectivity index (χ2n) is 5.90. The van der Waals surface area contributed by atoms with Gasteiger partial charge in [0, 0.05) is 12.5 Å². The van der Waals surface area contributed by atoms with Crippen molar-refractivity contribution in [1.29, 1.82) is 0 Å². The number of carboxylic acid groups (broad SMARTS) is 1. The first-order chi connectivity index (χ1) is 13.4. The van der Waals surface area contributed by atoms with Gasteiger partial charge in [-0.3, -0.25) is 4.79 Å². The number of amides is 1. The molecule has 10 nitrogen and oxygen atoms in total. The number of ether oxygens (including phenoxy) is 2. The molecule has 148 valence electrons. The molecule has 1 amide bonds. The van der Waals surface area contributed by atoms with Crippen molar-refractivity contribution in [2.75, 3.05) is 17.7 Å². The van der Waals surface area contributed by atoms with Gasteiger partial charge in [0.25, 0.3) is 11.8 Å². The van der Waals surface area contributed by atoms with E-state index in [1.54, 1.807) is 19.1 Å². The maximum Gasteiger partial charge on any atom is 0.355 e. The first-order valence-electron chi connectivity index (χ1n) is 8.32. The minimum atomic E-state index is -1.18. The lowest BCUT2D eigenvalue weighted by atomic mass is 10.2. The number of pyridine rings is 1. The molecule has 0 aliphatic carbocycles. The largest absolute Gasteiger partial charge is 0.481 e. The number of aromatic nitrogens is 2. The molecule has 28 heavy (non-hydrogen) atoms. The predicted molar refractivity (Wildman–Crippen MR) is 102 cm³/mol. The fourth-order valence-corrected chi connectivity index (χ4v) is 3.40. The fourth-order valence-electron chi connectivity index (χ4n) is 2.54. The molecule has 0 spiro atoms. The molecule has 3 heterocycles. The number of nitrogens with one attached hydrogen (secondary N) is 3. The lowest BCUT2D eigenvalue weighted by Crippen LogP contribution is -2.49. The van der Waals surface area contributed by atoms with E-state index in [1.807, 2.05) is 6.92 Å². The van der Waals surface area contributed by atoms with Crippen molar-refractivity contribution < 1.29 is 24.2 Å². The Morgan fingerprint density at radius 3 is 2.79 bits per heavy atom. The molecule has 1 unspecified atom stereocenters. The average Bonchev–Trinajstić information content (AvgIpc) is 3.27. The summed E-state index contributed by atoms with van der Waals surface area (Å²) in [4.78, 5) is 28.0. The van der Waals surface area contributed by atoms with Gasteiger partial charge in [0.1, 0.15) is 11.3 Å². The summed E-state index contributed by atoms with van der Waals surface area (Å²) in [5.74, 6) is -2.26. The highest BCUT2D eigenvalue weighted by Crippen LogP contribution is 2.31. The van der Waals surface area contributed by atoms with Crippen molar-refractivity contribution in [3.05, 3.63) is 41.5 Å². The number of carbonyl (C=O) groups is 2. The molecule has 3 rings (SSSR count). The molecule has 1 atom stereocenters. The number of aliphatic carboxylic acids is 1. The number of aryl methyl sites for hydroxylation is 1. The van der Waals surface area contributed by atoms with Crippen LogP contribution in [0.15, 0.2) is 30.3 Å². The number of anilines is 2. The zero-order valence-electron chi connectivity index (χ0n) is 15.4. The van der Waals surface area contributed by atoms with E-state index < -0.39 is 11.8 Å². The van der Waals surface area contributed by atoms with E-state index in [4.69, 9.17) is 14.6 Å². The Morgan fingerprint density at radius 2 is 2.21 bits per heavy atom. The quantitative estimate of drug-likeness (QED) is 0.546. The molecule has 2 aromatic heterocycles. The summed E-state index contributed by atoms with van der Waals surface area (Å²) >= 11 is 1.08. The predicted octanol–water partition coefficient (Wildman–Crippen LogP) is 2.13. The van der Waals surface area contributed by atoms with Gasteiger partial charge in [0.15, 0.2) is 5.70 Å². The number of nitrogens with zero attached hydrogens (tertiary/aromatic N) is 2. The van der Waals surface area contributed by atoms with E-state index in [0.717, 1.165) is 17.8 Å². The molecule has 0 aromatic carbocycles. The monoisotopic (exact) mass is 405 g/mol. The van der Waals surface area contributed by atoms with Crippen LogP contribution in [0, 0.1) is 6.92 Å². The Bertz CT molecular complexity index is 927. The Balaban J connectivity index is 1.79. The summed E-state index contributed by atoms with van der Waals surface area (Å²) in [5, 5.41) is 18.2. The van der Waals surface area contributed by atoms with Crippen LogP contribution in [0.25, 0.3) is 0 Å². The minimum Gasteiger partial charge on any atom is -0.481 e. The molecule has 11 heteroatoms. The molecule has 0 bridgehead atoms. The van der Waals surface area contributed by atoms with Crippen molar-refractivity contribution in [3.63, 3.8) is 0 Å². The average molecular weight is 405 g/mol. The highest BCUT2D eigenvalue weighted by Gasteiger charge is 2.38. The standard InChI is InChI=1S/C17H19N5O5S/c1-4-17(20-11(8-27-17)16(24)25)21-15-13(9(2)22-28-15)14(23)19-10-5-6-12(26-3)18-7-10/h5-8,20-21H,4H2,1-3H3,(H,19,23)(H,24,25). The van der Waals surface area contributed by atoms with Crippen molar-refractivity contribution in [2.45, 2.75) is 26.1 Å². The summed E-state index contributed by atoms with van der Waals surface area (Å²) in [6.07, 6.45) is 3.01. The van der Waals surface area contributed by atoms with Gasteiger partial charge in [-0.15, -0.1) is 0 Å². The van der Waals surface area contributed by atoms with Crippen LogP contribution >= 0.6 is 11.5 Å². The Labute approximate surface area is 164 Å². The minimum absolute atomic E-state index is 0.0779. The number of hydrogen-bond donors (Lipinski definition) is 4. The second kappa shape index (κ2) is 7.72. The molecule has 0 saturated carbocycles. The summed E-state index contributed by atoms with van der Waals surface area (Å²) in [5.41, 5.74) is 1.29. The van der Waals surface area contributed by atoms with Gasteiger partial charge in [-0.05, 0) is 24.5 Å². The zero-order valence-corrected chi connectivity index (χ0v) is 16.2. The highest BCUT2D eigenvalue weighted by molar-refractivity contribution is 7.10. The Morgan fingerprint density at radius 1 is 1.43 bits per heavy atom. The number of methoxy groups -OCH3 is 1. The van der Waals surface area contributed by atoms with Crippen LogP contribution in [0.2, 0.25) is 0 Å². The molecule has 2 aromatic rings. The molecule has 1 aliphatic rings. The molecule has 0 radical (unpaired) electrons. The third-order valence-corrected chi connectivity index (χ3v) is 4.91. The van der Waals surface area contributed by atoms with E-state index in [2.05, 4.69) is 25.3 Å². The van der Waals surface area contributed by atoms with E-state index in [0.29, 0.717) is 34.2 Å². The SMILES string of the molecule is CCC1(Nc2snc(C)c2C(=O)Nc2ccc(OC)nc2)NC(C(=O)O)=CO1. The molecular formula is C17H19N5O5S. The lowest BCUT2D eigenvalue weighted by Gasteiger charge is -2.29. The van der Waals surface area contributed by atoms with E-state index in [9.17, 15) is 9.59 Å². The van der Waals surface area contributed by atoms with Crippen molar-refractivity contribution in [1.82, 2.24) is 14.7 Å². The van der Waals surface area contributed by atoms with Crippen LogP contribution < -0.4 is 20.7 Å². The van der Waals surface area contributed by atoms with Crippen molar-refractivity contribution >= 4 is 34.1 Å². The van der Waals surface area contributed by atoms with Crippen LogP contribution in [-0.4, -0.2) is 39.3 Å². The van der Waals surface area contributed by atoms with Crippen molar-refractivity contribution in [3.8, 4) is 5.88 Å². The molecule has 4 N–H and O–H groups in total. The van der Waals surface area contributed by atoms with Crippen LogP contribution in [0.1, 0.15) is 29.4 Å². The Hall–Kier alpha value is -3.34. The summed E-state index contributed by atoms with van der Waals surface area (Å²) in [6, 6.07) is 3.30. The summed E-state index contributed by atoms with van der Waals surface area (Å²) < 4.78 is 14.7. The third kappa shape index (κ3) is 3.83. The maximum atomic E-state index is 12.8. The van der Waals surface area contributed by atoms with Gasteiger partial charge >= 0.3 is 5.97 Å². The lowest BCUT2D eigenvalue weighted by molar-refractivity contribution is -0.133. The molecule has 0 fully saturated rings. The van der Waals surface area contributed by atoms with Gasteiger partial charge in [-0.1, -0.05) is 6.92 Å². The molecular weight excluding hydrogens is 386 g/mol. The van der Waals surface area contributed by atoms with Gasteiger partial charge in [-0.2, -0.15) is 4.37 Å². The number of carboxylic acids is 1. The van der Waals surface area contributed by atoms with Gasteiger partial charge in [-0.25, -0.2) is 9.78 Å².